The second-order valence-corrected chi connectivity index (χ2v) is 12.6. The van der Waals surface area contributed by atoms with Crippen molar-refractivity contribution in [2.24, 2.45) is 34.0 Å². The Morgan fingerprint density at radius 3 is 2.44 bits per heavy atom. The zero-order valence-corrected chi connectivity index (χ0v) is 22.0. The van der Waals surface area contributed by atoms with E-state index in [9.17, 15) is 9.90 Å². The molecule has 34 heavy (non-hydrogen) atoms. The van der Waals surface area contributed by atoms with Crippen LogP contribution in [0.25, 0.3) is 0 Å². The molecule has 0 spiro atoms. The fourth-order valence-electron chi connectivity index (χ4n) is 9.19. The zero-order chi connectivity index (χ0) is 24.4. The third-order valence-electron chi connectivity index (χ3n) is 11.4. The smallest absolute Gasteiger partial charge is 0.169 e. The third kappa shape index (κ3) is 3.48. The second-order valence-electron chi connectivity index (χ2n) is 12.6. The molecule has 0 saturated heterocycles. The molecule has 3 saturated carbocycles. The highest BCUT2D eigenvalue weighted by Crippen LogP contribution is 2.70. The Balaban J connectivity index is 1.35. The molecule has 1 aromatic rings. The molecule has 0 heterocycles. The standard InChI is InChI=1S/C31H44O3/c1-6-30(22(3)32)16-14-27-25-12-11-24-19-31(33,34-20-23-9-7-21(2)8-10-23)18-17-28(24,4)26(25)13-15-29(27,30)5/h7-11,25-27,33H,6,12-20H2,1-5H3/t25-,26+,27+,28+,29+,30-,31-/m1/s1. The van der Waals surface area contributed by atoms with Gasteiger partial charge in [-0.25, -0.2) is 0 Å². The minimum Gasteiger partial charge on any atom is -0.365 e. The molecule has 0 aliphatic heterocycles. The first-order valence-corrected chi connectivity index (χ1v) is 13.7. The van der Waals surface area contributed by atoms with Crippen LogP contribution in [0.15, 0.2) is 35.9 Å². The summed E-state index contributed by atoms with van der Waals surface area (Å²) in [6.07, 6.45) is 11.5. The lowest BCUT2D eigenvalue weighted by Crippen LogP contribution is -2.55. The highest BCUT2D eigenvalue weighted by Gasteiger charge is 2.65. The van der Waals surface area contributed by atoms with Gasteiger partial charge >= 0.3 is 0 Å². The number of rotatable bonds is 5. The SMILES string of the molecule is CC[C@]1(C(C)=O)CC[C@H]2[C@@H]3CC=C4C[C@](O)(OCc5ccc(C)cc5)CC[C@]4(C)[C@H]3CC[C@@]21C. The second kappa shape index (κ2) is 8.30. The summed E-state index contributed by atoms with van der Waals surface area (Å²) in [5, 5.41) is 11.4. The van der Waals surface area contributed by atoms with Crippen LogP contribution in [0.4, 0.5) is 0 Å². The van der Waals surface area contributed by atoms with Gasteiger partial charge in [0.1, 0.15) is 5.78 Å². The van der Waals surface area contributed by atoms with Crippen molar-refractivity contribution in [3.8, 4) is 0 Å². The lowest BCUT2D eigenvalue weighted by molar-refractivity contribution is -0.231. The Morgan fingerprint density at radius 1 is 1.06 bits per heavy atom. The van der Waals surface area contributed by atoms with E-state index in [1.54, 1.807) is 0 Å². The lowest BCUT2D eigenvalue weighted by Gasteiger charge is -2.60. The fourth-order valence-corrected chi connectivity index (χ4v) is 9.19. The van der Waals surface area contributed by atoms with Crippen LogP contribution in [-0.2, 0) is 16.1 Å². The number of hydrogen-bond donors (Lipinski definition) is 1. The van der Waals surface area contributed by atoms with Crippen molar-refractivity contribution in [2.45, 2.75) is 105 Å². The third-order valence-corrected chi connectivity index (χ3v) is 11.4. The van der Waals surface area contributed by atoms with E-state index in [1.807, 2.05) is 6.92 Å². The van der Waals surface area contributed by atoms with Crippen molar-refractivity contribution in [1.82, 2.24) is 0 Å². The highest BCUT2D eigenvalue weighted by atomic mass is 16.6. The Bertz CT molecular complexity index is 979. The van der Waals surface area contributed by atoms with Crippen LogP contribution in [-0.4, -0.2) is 16.7 Å². The van der Waals surface area contributed by atoms with E-state index in [0.717, 1.165) is 31.2 Å². The molecule has 4 aliphatic carbocycles. The minimum absolute atomic E-state index is 0.121. The average Bonchev–Trinajstić information content (AvgIpc) is 3.13. The number of aliphatic hydroxyl groups is 1. The van der Waals surface area contributed by atoms with Gasteiger partial charge in [-0.3, -0.25) is 4.79 Å². The summed E-state index contributed by atoms with van der Waals surface area (Å²) in [7, 11) is 0. The van der Waals surface area contributed by atoms with E-state index >= 15 is 0 Å². The molecule has 3 fully saturated rings. The Morgan fingerprint density at radius 2 is 1.76 bits per heavy atom. The molecule has 7 atom stereocenters. The monoisotopic (exact) mass is 464 g/mol. The molecule has 4 aliphatic rings. The summed E-state index contributed by atoms with van der Waals surface area (Å²) in [5.41, 5.74) is 3.94. The van der Waals surface area contributed by atoms with Gasteiger partial charge in [-0.1, -0.05) is 62.2 Å². The molecular formula is C31H44O3. The van der Waals surface area contributed by atoms with Gasteiger partial charge in [-0.05, 0) is 92.9 Å². The number of Topliss-reactive ketones (excluding diaryl/α,β-unsaturated/α-hetero) is 1. The van der Waals surface area contributed by atoms with E-state index in [2.05, 4.69) is 58.0 Å². The van der Waals surface area contributed by atoms with E-state index in [-0.39, 0.29) is 16.2 Å². The van der Waals surface area contributed by atoms with Crippen molar-refractivity contribution in [1.29, 1.82) is 0 Å². The number of fused-ring (bicyclic) bond motifs is 5. The maximum atomic E-state index is 12.9. The van der Waals surface area contributed by atoms with E-state index < -0.39 is 5.79 Å². The fraction of sp³-hybridized carbons (Fsp3) is 0.710. The van der Waals surface area contributed by atoms with Crippen molar-refractivity contribution >= 4 is 5.78 Å². The zero-order valence-electron chi connectivity index (χ0n) is 22.0. The maximum absolute atomic E-state index is 12.9. The molecule has 3 heteroatoms. The summed E-state index contributed by atoms with van der Waals surface area (Å²) < 4.78 is 6.16. The molecule has 0 aromatic heterocycles. The number of carbonyl (C=O) groups is 1. The van der Waals surface area contributed by atoms with Crippen LogP contribution in [0.3, 0.4) is 0 Å². The molecule has 1 N–H and O–H groups in total. The van der Waals surface area contributed by atoms with Gasteiger partial charge in [-0.15, -0.1) is 0 Å². The first-order chi connectivity index (χ1) is 16.1. The van der Waals surface area contributed by atoms with Gasteiger partial charge in [0.2, 0.25) is 0 Å². The molecule has 0 radical (unpaired) electrons. The summed E-state index contributed by atoms with van der Waals surface area (Å²) in [6, 6.07) is 8.38. The Labute approximate surface area is 206 Å². The normalized spacial score (nSPS) is 43.5. The quantitative estimate of drug-likeness (QED) is 0.372. The molecule has 1 aromatic carbocycles. The van der Waals surface area contributed by atoms with Crippen molar-refractivity contribution in [3.63, 3.8) is 0 Å². The first kappa shape index (κ1) is 24.3. The Kier molecular flexibility index (Phi) is 5.92. The number of ketones is 1. The summed E-state index contributed by atoms with van der Waals surface area (Å²) in [6.45, 7) is 11.5. The molecule has 3 nitrogen and oxygen atoms in total. The van der Waals surface area contributed by atoms with Crippen LogP contribution in [0.1, 0.15) is 96.6 Å². The topological polar surface area (TPSA) is 46.5 Å². The van der Waals surface area contributed by atoms with Gasteiger partial charge in [0.25, 0.3) is 0 Å². The molecule has 186 valence electrons. The van der Waals surface area contributed by atoms with Crippen LogP contribution >= 0.6 is 0 Å². The summed E-state index contributed by atoms with van der Waals surface area (Å²) in [5.74, 6) is 1.33. The number of ether oxygens (including phenoxy) is 1. The predicted molar refractivity (Wildman–Crippen MR) is 136 cm³/mol. The molecule has 0 bridgehead atoms. The number of hydrogen-bond acceptors (Lipinski definition) is 3. The molecule has 5 rings (SSSR count). The van der Waals surface area contributed by atoms with Crippen LogP contribution < -0.4 is 0 Å². The van der Waals surface area contributed by atoms with E-state index in [0.29, 0.717) is 43.0 Å². The highest BCUT2D eigenvalue weighted by molar-refractivity contribution is 5.83. The average molecular weight is 465 g/mol. The number of aryl methyl sites for hydroxylation is 1. The van der Waals surface area contributed by atoms with Crippen LogP contribution in [0.2, 0.25) is 0 Å². The lowest BCUT2D eigenvalue weighted by atomic mass is 9.45. The number of benzene rings is 1. The molecular weight excluding hydrogens is 420 g/mol. The Hall–Kier alpha value is -1.45. The van der Waals surface area contributed by atoms with E-state index in [1.165, 1.54) is 30.4 Å². The first-order valence-electron chi connectivity index (χ1n) is 13.7. The van der Waals surface area contributed by atoms with Crippen LogP contribution in [0.5, 0.6) is 0 Å². The van der Waals surface area contributed by atoms with Gasteiger partial charge in [0, 0.05) is 18.3 Å². The number of carbonyl (C=O) groups excluding carboxylic acids is 1. The largest absolute Gasteiger partial charge is 0.365 e. The summed E-state index contributed by atoms with van der Waals surface area (Å²) >= 11 is 0. The van der Waals surface area contributed by atoms with Crippen molar-refractivity contribution in [2.75, 3.05) is 0 Å². The van der Waals surface area contributed by atoms with Gasteiger partial charge in [0.15, 0.2) is 5.79 Å². The van der Waals surface area contributed by atoms with Gasteiger partial charge < -0.3 is 9.84 Å². The molecule has 0 amide bonds. The van der Waals surface area contributed by atoms with Crippen molar-refractivity contribution in [3.05, 3.63) is 47.0 Å². The predicted octanol–water partition coefficient (Wildman–Crippen LogP) is 7.15. The van der Waals surface area contributed by atoms with E-state index in [4.69, 9.17) is 4.74 Å². The maximum Gasteiger partial charge on any atom is 0.169 e. The van der Waals surface area contributed by atoms with Crippen molar-refractivity contribution < 1.29 is 14.6 Å². The minimum atomic E-state index is -1.06. The molecule has 0 unspecified atom stereocenters. The number of allylic oxidation sites excluding steroid dienone is 1. The van der Waals surface area contributed by atoms with Gasteiger partial charge in [0.05, 0.1) is 6.61 Å². The van der Waals surface area contributed by atoms with Gasteiger partial charge in [-0.2, -0.15) is 0 Å². The summed E-state index contributed by atoms with van der Waals surface area (Å²) in [4.78, 5) is 12.9. The van der Waals surface area contributed by atoms with Crippen LogP contribution in [0, 0.1) is 40.9 Å².